The molecule has 0 amide bonds. The first-order chi connectivity index (χ1) is 9.27. The Labute approximate surface area is 118 Å². The average Bonchev–Trinajstić information content (AvgIpc) is 2.92. The van der Waals surface area contributed by atoms with Crippen LogP contribution >= 0.6 is 11.6 Å². The van der Waals surface area contributed by atoms with Crippen molar-refractivity contribution in [2.24, 2.45) is 23.5 Å². The van der Waals surface area contributed by atoms with E-state index in [4.69, 9.17) is 17.3 Å². The molecule has 19 heavy (non-hydrogen) atoms. The summed E-state index contributed by atoms with van der Waals surface area (Å²) in [5.41, 5.74) is 7.84. The molecule has 3 atom stereocenters. The van der Waals surface area contributed by atoms with Crippen LogP contribution in [0.1, 0.15) is 30.9 Å². The number of hydrogen-bond acceptors (Lipinski definition) is 1. The Kier molecular flexibility index (Phi) is 2.61. The number of fused-ring (bicyclic) bond motifs is 2. The zero-order valence-electron chi connectivity index (χ0n) is 10.9. The fourth-order valence-electron chi connectivity index (χ4n) is 4.19. The average molecular weight is 272 g/mol. The molecule has 0 bridgehead atoms. The maximum absolute atomic E-state index is 6.56. The topological polar surface area (TPSA) is 26.0 Å². The lowest BCUT2D eigenvalue weighted by Crippen LogP contribution is -2.15. The first-order valence-corrected chi connectivity index (χ1v) is 7.58. The molecular weight excluding hydrogens is 254 g/mol. The lowest BCUT2D eigenvalue weighted by molar-refractivity contribution is 0.504. The summed E-state index contributed by atoms with van der Waals surface area (Å²) in [7, 11) is 0. The quantitative estimate of drug-likeness (QED) is 0.853. The molecule has 2 N–H and O–H groups in total. The normalized spacial score (nSPS) is 30.3. The summed E-state index contributed by atoms with van der Waals surface area (Å²) >= 11 is 6.28. The lowest BCUT2D eigenvalue weighted by atomic mass is 9.93. The molecule has 0 radical (unpaired) electrons. The van der Waals surface area contributed by atoms with Crippen LogP contribution in [-0.4, -0.2) is 0 Å². The predicted molar refractivity (Wildman–Crippen MR) is 80.2 cm³/mol. The van der Waals surface area contributed by atoms with Gasteiger partial charge in [0.15, 0.2) is 0 Å². The van der Waals surface area contributed by atoms with E-state index in [0.29, 0.717) is 5.92 Å². The Morgan fingerprint density at radius 3 is 2.42 bits per heavy atom. The molecule has 3 unspecified atom stereocenters. The SMILES string of the molecule is NC(c1ccc(Cl)c2ccccc12)C1C2CCCC21. The third kappa shape index (κ3) is 1.72. The largest absolute Gasteiger partial charge is 0.324 e. The van der Waals surface area contributed by atoms with Gasteiger partial charge in [-0.2, -0.15) is 0 Å². The molecular formula is C17H18ClN. The molecule has 0 aromatic heterocycles. The van der Waals surface area contributed by atoms with Crippen molar-refractivity contribution >= 4 is 22.4 Å². The van der Waals surface area contributed by atoms with Crippen LogP contribution in [0.3, 0.4) is 0 Å². The molecule has 0 aliphatic heterocycles. The fraction of sp³-hybridized carbons (Fsp3) is 0.412. The summed E-state index contributed by atoms with van der Waals surface area (Å²) in [6, 6.07) is 12.6. The van der Waals surface area contributed by atoms with Gasteiger partial charge in [0, 0.05) is 16.5 Å². The van der Waals surface area contributed by atoms with E-state index in [0.717, 1.165) is 22.2 Å². The summed E-state index contributed by atoms with van der Waals surface area (Å²) in [5, 5.41) is 3.18. The maximum Gasteiger partial charge on any atom is 0.0484 e. The Morgan fingerprint density at radius 1 is 1.00 bits per heavy atom. The molecule has 2 aliphatic rings. The van der Waals surface area contributed by atoms with Crippen LogP contribution in [0, 0.1) is 17.8 Å². The van der Waals surface area contributed by atoms with Crippen molar-refractivity contribution in [2.45, 2.75) is 25.3 Å². The van der Waals surface area contributed by atoms with Crippen LogP contribution in [0.15, 0.2) is 36.4 Å². The van der Waals surface area contributed by atoms with Gasteiger partial charge < -0.3 is 5.73 Å². The highest BCUT2D eigenvalue weighted by atomic mass is 35.5. The van der Waals surface area contributed by atoms with Gasteiger partial charge in [-0.3, -0.25) is 0 Å². The Morgan fingerprint density at radius 2 is 1.68 bits per heavy atom. The van der Waals surface area contributed by atoms with Crippen molar-refractivity contribution in [3.8, 4) is 0 Å². The molecule has 0 spiro atoms. The molecule has 0 saturated heterocycles. The van der Waals surface area contributed by atoms with Gasteiger partial charge in [-0.25, -0.2) is 0 Å². The van der Waals surface area contributed by atoms with Crippen molar-refractivity contribution in [1.82, 2.24) is 0 Å². The van der Waals surface area contributed by atoms with E-state index in [1.54, 1.807) is 0 Å². The first-order valence-electron chi connectivity index (χ1n) is 7.20. The highest BCUT2D eigenvalue weighted by Crippen LogP contribution is 2.61. The summed E-state index contributed by atoms with van der Waals surface area (Å²) in [6.45, 7) is 0. The number of rotatable bonds is 2. The van der Waals surface area contributed by atoms with Gasteiger partial charge in [-0.1, -0.05) is 48.4 Å². The van der Waals surface area contributed by atoms with Crippen LogP contribution < -0.4 is 5.73 Å². The molecule has 2 heteroatoms. The van der Waals surface area contributed by atoms with Crippen LogP contribution in [-0.2, 0) is 0 Å². The minimum absolute atomic E-state index is 0.178. The first kappa shape index (κ1) is 11.7. The van der Waals surface area contributed by atoms with Gasteiger partial charge in [0.1, 0.15) is 0 Å². The lowest BCUT2D eigenvalue weighted by Gasteiger charge is -2.17. The number of halogens is 1. The Bertz CT molecular complexity index is 626. The van der Waals surface area contributed by atoms with E-state index >= 15 is 0 Å². The minimum atomic E-state index is 0.178. The van der Waals surface area contributed by atoms with Gasteiger partial charge in [-0.15, -0.1) is 0 Å². The molecule has 0 heterocycles. The van der Waals surface area contributed by atoms with Gasteiger partial charge in [0.2, 0.25) is 0 Å². The molecule has 1 nitrogen and oxygen atoms in total. The van der Waals surface area contributed by atoms with Crippen LogP contribution in [0.5, 0.6) is 0 Å². The van der Waals surface area contributed by atoms with E-state index in [-0.39, 0.29) is 6.04 Å². The smallest absolute Gasteiger partial charge is 0.0484 e. The van der Waals surface area contributed by atoms with Crippen LogP contribution in [0.2, 0.25) is 5.02 Å². The van der Waals surface area contributed by atoms with E-state index in [1.807, 2.05) is 12.1 Å². The molecule has 98 valence electrons. The summed E-state index contributed by atoms with van der Waals surface area (Å²) < 4.78 is 0. The van der Waals surface area contributed by atoms with E-state index < -0.39 is 0 Å². The van der Waals surface area contributed by atoms with E-state index in [1.165, 1.54) is 30.2 Å². The van der Waals surface area contributed by atoms with Crippen molar-refractivity contribution in [3.63, 3.8) is 0 Å². The van der Waals surface area contributed by atoms with Crippen LogP contribution in [0.25, 0.3) is 10.8 Å². The zero-order valence-corrected chi connectivity index (χ0v) is 11.6. The number of nitrogens with two attached hydrogens (primary N) is 1. The third-order valence-corrected chi connectivity index (χ3v) is 5.48. The molecule has 2 aliphatic carbocycles. The number of benzene rings is 2. The van der Waals surface area contributed by atoms with Crippen molar-refractivity contribution in [1.29, 1.82) is 0 Å². The number of hydrogen-bond donors (Lipinski definition) is 1. The van der Waals surface area contributed by atoms with Gasteiger partial charge >= 0.3 is 0 Å². The second-order valence-corrected chi connectivity index (χ2v) is 6.45. The molecule has 2 fully saturated rings. The van der Waals surface area contributed by atoms with Crippen molar-refractivity contribution in [3.05, 3.63) is 47.0 Å². The summed E-state index contributed by atoms with van der Waals surface area (Å²) in [6.07, 6.45) is 4.17. The Balaban J connectivity index is 1.77. The second-order valence-electron chi connectivity index (χ2n) is 6.04. The summed E-state index contributed by atoms with van der Waals surface area (Å²) in [4.78, 5) is 0. The molecule has 2 saturated carbocycles. The van der Waals surface area contributed by atoms with Gasteiger partial charge in [0.05, 0.1) is 0 Å². The molecule has 2 aromatic carbocycles. The monoisotopic (exact) mass is 271 g/mol. The van der Waals surface area contributed by atoms with Crippen molar-refractivity contribution in [2.75, 3.05) is 0 Å². The predicted octanol–water partition coefficient (Wildman–Crippen LogP) is 4.54. The highest BCUT2D eigenvalue weighted by Gasteiger charge is 2.55. The van der Waals surface area contributed by atoms with Crippen molar-refractivity contribution < 1.29 is 0 Å². The summed E-state index contributed by atoms with van der Waals surface area (Å²) in [5.74, 6) is 2.49. The molecule has 2 aromatic rings. The highest BCUT2D eigenvalue weighted by molar-refractivity contribution is 6.35. The standard InChI is InChI=1S/C17H18ClN/c18-15-9-8-14(10-4-1-2-5-11(10)15)17(19)16-12-6-3-7-13(12)16/h1-2,4-5,8-9,12-13,16-17H,3,6-7,19H2. The minimum Gasteiger partial charge on any atom is -0.324 e. The molecule has 4 rings (SSSR count). The Hall–Kier alpha value is -1.05. The second kappa shape index (κ2) is 4.22. The van der Waals surface area contributed by atoms with Gasteiger partial charge in [0.25, 0.3) is 0 Å². The van der Waals surface area contributed by atoms with Gasteiger partial charge in [-0.05, 0) is 47.6 Å². The zero-order chi connectivity index (χ0) is 13.0. The fourth-order valence-corrected chi connectivity index (χ4v) is 4.42. The van der Waals surface area contributed by atoms with E-state index in [2.05, 4.69) is 24.3 Å². The van der Waals surface area contributed by atoms with Crippen LogP contribution in [0.4, 0.5) is 0 Å². The van der Waals surface area contributed by atoms with E-state index in [9.17, 15) is 0 Å². The maximum atomic E-state index is 6.56. The third-order valence-electron chi connectivity index (χ3n) is 5.15.